The Morgan fingerprint density at radius 1 is 1.18 bits per heavy atom. The lowest BCUT2D eigenvalue weighted by atomic mass is 10.2. The number of hydrogen-bond donors (Lipinski definition) is 1. The third kappa shape index (κ3) is 9.27. The van der Waals surface area contributed by atoms with Gasteiger partial charge in [0.2, 0.25) is 0 Å². The smallest absolute Gasteiger partial charge is 0.330 e. The predicted octanol–water partition coefficient (Wildman–Crippen LogP) is 2.20. The van der Waals surface area contributed by atoms with Crippen LogP contribution in [0.25, 0.3) is 0 Å². The second kappa shape index (κ2) is 9.97. The van der Waals surface area contributed by atoms with Crippen molar-refractivity contribution >= 4 is 27.7 Å². The summed E-state index contributed by atoms with van der Waals surface area (Å²) < 4.78 is 38.2. The summed E-state index contributed by atoms with van der Waals surface area (Å²) in [6, 6.07) is 8.58. The molecule has 0 spiro atoms. The van der Waals surface area contributed by atoms with Crippen LogP contribution >= 0.6 is 11.6 Å². The van der Waals surface area contributed by atoms with E-state index < -0.39 is 27.7 Å². The SMILES string of the molecule is CC(C)(C)OC(=O)C(N)C[n+]1ccc(Cl)cc1.Cc1ccc(S(=O)(=O)[O-])cc1. The van der Waals surface area contributed by atoms with Gasteiger partial charge in [-0.2, -0.15) is 0 Å². The second-order valence-corrected chi connectivity index (χ2v) is 8.94. The standard InChI is InChI=1S/C12H18ClN2O2.C7H8O3S/c1-12(2,3)17-11(16)10(14)8-15-6-4-9(13)5-7-15;1-6-2-4-7(5-3-6)11(8,9)10/h4-7,10H,8,14H2,1-3H3;2-5H,1H3,(H,8,9,10)/q+1;/p-1. The van der Waals surface area contributed by atoms with Gasteiger partial charge in [-0.05, 0) is 39.8 Å². The van der Waals surface area contributed by atoms with E-state index in [0.717, 1.165) is 5.56 Å². The average Bonchev–Trinajstić information content (AvgIpc) is 2.55. The van der Waals surface area contributed by atoms with E-state index in [9.17, 15) is 17.8 Å². The van der Waals surface area contributed by atoms with E-state index in [1.165, 1.54) is 12.1 Å². The summed E-state index contributed by atoms with van der Waals surface area (Å²) in [5.41, 5.74) is 6.18. The van der Waals surface area contributed by atoms with E-state index in [0.29, 0.717) is 11.6 Å². The van der Waals surface area contributed by atoms with E-state index >= 15 is 0 Å². The Kier molecular flexibility index (Phi) is 8.56. The highest BCUT2D eigenvalue weighted by molar-refractivity contribution is 7.85. The molecule has 0 bridgehead atoms. The number of benzene rings is 1. The molecule has 1 unspecified atom stereocenters. The maximum atomic E-state index is 11.6. The Labute approximate surface area is 170 Å². The lowest BCUT2D eigenvalue weighted by Gasteiger charge is -2.21. The fraction of sp³-hybridized carbons (Fsp3) is 0.368. The third-order valence-electron chi connectivity index (χ3n) is 3.28. The maximum Gasteiger partial charge on any atom is 0.330 e. The van der Waals surface area contributed by atoms with Crippen LogP contribution in [0.15, 0.2) is 53.7 Å². The van der Waals surface area contributed by atoms with Gasteiger partial charge < -0.3 is 15.0 Å². The van der Waals surface area contributed by atoms with Crippen molar-refractivity contribution in [3.05, 3.63) is 59.4 Å². The van der Waals surface area contributed by atoms with Gasteiger partial charge in [0.25, 0.3) is 0 Å². The highest BCUT2D eigenvalue weighted by Gasteiger charge is 2.24. The minimum absolute atomic E-state index is 0.178. The van der Waals surface area contributed by atoms with E-state index in [4.69, 9.17) is 22.1 Å². The van der Waals surface area contributed by atoms with Gasteiger partial charge in [0.05, 0.1) is 9.92 Å². The van der Waals surface area contributed by atoms with E-state index in [2.05, 4.69) is 0 Å². The number of hydrogen-bond acceptors (Lipinski definition) is 6. The Morgan fingerprint density at radius 2 is 1.68 bits per heavy atom. The molecule has 1 aromatic heterocycles. The van der Waals surface area contributed by atoms with Crippen LogP contribution in [-0.4, -0.2) is 30.6 Å². The summed E-state index contributed by atoms with van der Waals surface area (Å²) in [6.07, 6.45) is 3.54. The van der Waals surface area contributed by atoms with Gasteiger partial charge >= 0.3 is 5.97 Å². The molecule has 0 aliphatic carbocycles. The van der Waals surface area contributed by atoms with E-state index in [-0.39, 0.29) is 4.90 Å². The van der Waals surface area contributed by atoms with Gasteiger partial charge in [0.15, 0.2) is 25.0 Å². The van der Waals surface area contributed by atoms with Crippen molar-refractivity contribution in [1.29, 1.82) is 0 Å². The molecule has 0 fully saturated rings. The minimum Gasteiger partial charge on any atom is -0.744 e. The zero-order valence-corrected chi connectivity index (χ0v) is 17.8. The third-order valence-corrected chi connectivity index (χ3v) is 4.38. The summed E-state index contributed by atoms with van der Waals surface area (Å²) >= 11 is 5.76. The van der Waals surface area contributed by atoms with Crippen molar-refractivity contribution in [1.82, 2.24) is 0 Å². The van der Waals surface area contributed by atoms with Crippen LogP contribution in [0.2, 0.25) is 5.02 Å². The molecular formula is C19H25ClN2O5S. The Hall–Kier alpha value is -2.00. The summed E-state index contributed by atoms with van der Waals surface area (Å²) in [7, 11) is -4.27. The lowest BCUT2D eigenvalue weighted by Crippen LogP contribution is -2.48. The van der Waals surface area contributed by atoms with Crippen molar-refractivity contribution in [2.75, 3.05) is 0 Å². The Morgan fingerprint density at radius 3 is 2.11 bits per heavy atom. The first-order valence-electron chi connectivity index (χ1n) is 8.43. The number of aryl methyl sites for hydroxylation is 1. The van der Waals surface area contributed by atoms with Gasteiger partial charge in [0.1, 0.15) is 15.7 Å². The maximum absolute atomic E-state index is 11.6. The molecule has 2 aromatic rings. The molecule has 0 aliphatic rings. The molecule has 0 saturated carbocycles. The number of aromatic nitrogens is 1. The fourth-order valence-electron chi connectivity index (χ4n) is 1.94. The summed E-state index contributed by atoms with van der Waals surface area (Å²) in [5, 5.41) is 0.645. The second-order valence-electron chi connectivity index (χ2n) is 7.12. The highest BCUT2D eigenvalue weighted by atomic mass is 35.5. The van der Waals surface area contributed by atoms with Gasteiger partial charge in [-0.3, -0.25) is 4.79 Å². The van der Waals surface area contributed by atoms with Gasteiger partial charge in [-0.1, -0.05) is 29.3 Å². The molecule has 0 aliphatic heterocycles. The first-order chi connectivity index (χ1) is 12.8. The minimum atomic E-state index is -4.27. The van der Waals surface area contributed by atoms with Crippen molar-refractivity contribution in [3.8, 4) is 0 Å². The molecular weight excluding hydrogens is 404 g/mol. The molecule has 7 nitrogen and oxygen atoms in total. The van der Waals surface area contributed by atoms with Crippen LogP contribution in [0.1, 0.15) is 26.3 Å². The topological polar surface area (TPSA) is 113 Å². The van der Waals surface area contributed by atoms with Gasteiger partial charge in [0, 0.05) is 12.1 Å². The van der Waals surface area contributed by atoms with Crippen molar-refractivity contribution < 1.29 is 27.1 Å². The summed E-state index contributed by atoms with van der Waals surface area (Å²) in [4.78, 5) is 11.5. The van der Waals surface area contributed by atoms with Crippen LogP contribution in [0, 0.1) is 6.92 Å². The summed E-state index contributed by atoms with van der Waals surface area (Å²) in [6.45, 7) is 7.63. The number of esters is 1. The molecule has 9 heteroatoms. The number of nitrogens with zero attached hydrogens (tertiary/aromatic N) is 1. The number of rotatable bonds is 4. The van der Waals surface area contributed by atoms with Gasteiger partial charge in [-0.15, -0.1) is 0 Å². The Balaban J connectivity index is 0.000000307. The number of carbonyl (C=O) groups is 1. The quantitative estimate of drug-likeness (QED) is 0.453. The molecule has 0 radical (unpaired) electrons. The lowest BCUT2D eigenvalue weighted by molar-refractivity contribution is -0.697. The van der Waals surface area contributed by atoms with E-state index in [1.54, 1.807) is 41.2 Å². The van der Waals surface area contributed by atoms with Crippen LogP contribution in [-0.2, 0) is 26.2 Å². The highest BCUT2D eigenvalue weighted by Crippen LogP contribution is 2.09. The molecule has 0 saturated heterocycles. The van der Waals surface area contributed by atoms with Gasteiger partial charge in [-0.25, -0.2) is 13.0 Å². The molecule has 2 rings (SSSR count). The zero-order chi connectivity index (χ0) is 21.5. The van der Waals surface area contributed by atoms with Crippen LogP contribution in [0.3, 0.4) is 0 Å². The monoisotopic (exact) mass is 428 g/mol. The molecule has 28 heavy (non-hydrogen) atoms. The number of pyridine rings is 1. The first-order valence-corrected chi connectivity index (χ1v) is 10.2. The average molecular weight is 429 g/mol. The number of nitrogens with two attached hydrogens (primary N) is 1. The Bertz CT molecular complexity index is 876. The fourth-order valence-corrected chi connectivity index (χ4v) is 2.53. The molecule has 154 valence electrons. The predicted molar refractivity (Wildman–Crippen MR) is 105 cm³/mol. The van der Waals surface area contributed by atoms with Crippen LogP contribution in [0.4, 0.5) is 0 Å². The first kappa shape index (κ1) is 24.0. The van der Waals surface area contributed by atoms with Crippen LogP contribution < -0.4 is 10.3 Å². The normalized spacial score (nSPS) is 12.5. The zero-order valence-electron chi connectivity index (χ0n) is 16.3. The van der Waals surface area contributed by atoms with E-state index in [1.807, 2.05) is 27.7 Å². The largest absolute Gasteiger partial charge is 0.744 e. The molecule has 1 aromatic carbocycles. The summed E-state index contributed by atoms with van der Waals surface area (Å²) in [5.74, 6) is -0.403. The van der Waals surface area contributed by atoms with Crippen molar-refractivity contribution in [2.24, 2.45) is 5.73 Å². The molecule has 1 atom stereocenters. The number of carbonyl (C=O) groups excluding carboxylic acids is 1. The number of halogens is 1. The van der Waals surface area contributed by atoms with Crippen molar-refractivity contribution in [2.45, 2.75) is 50.8 Å². The van der Waals surface area contributed by atoms with Crippen molar-refractivity contribution in [3.63, 3.8) is 0 Å². The van der Waals surface area contributed by atoms with Crippen LogP contribution in [0.5, 0.6) is 0 Å². The molecule has 0 amide bonds. The molecule has 1 heterocycles. The number of ether oxygens (including phenoxy) is 1. The molecule has 2 N–H and O–H groups in total.